The van der Waals surface area contributed by atoms with E-state index in [4.69, 9.17) is 10.2 Å². The Balaban J connectivity index is 2.68. The molecule has 1 unspecified atom stereocenters. The standard InChI is InChI=1S/C8H21NOSi2/c1-11(2)6-5-8(7-9)10-12(11,3)4/h8H,5-7,9H2,1-4H3. The highest BCUT2D eigenvalue weighted by Gasteiger charge is 2.47. The molecule has 0 aliphatic carbocycles. The van der Waals surface area contributed by atoms with E-state index in [2.05, 4.69) is 26.2 Å². The van der Waals surface area contributed by atoms with Crippen LogP contribution < -0.4 is 5.73 Å². The Kier molecular flexibility index (Phi) is 2.83. The lowest BCUT2D eigenvalue weighted by Crippen LogP contribution is -2.62. The summed E-state index contributed by atoms with van der Waals surface area (Å²) < 4.78 is 6.11. The Morgan fingerprint density at radius 2 is 1.92 bits per heavy atom. The maximum absolute atomic E-state index is 6.11. The maximum Gasteiger partial charge on any atom is 0.174 e. The van der Waals surface area contributed by atoms with Crippen molar-refractivity contribution in [1.29, 1.82) is 0 Å². The van der Waals surface area contributed by atoms with Gasteiger partial charge >= 0.3 is 0 Å². The van der Waals surface area contributed by atoms with Crippen LogP contribution in [0.15, 0.2) is 0 Å². The van der Waals surface area contributed by atoms with E-state index in [1.165, 1.54) is 12.5 Å². The molecule has 1 atom stereocenters. The van der Waals surface area contributed by atoms with Gasteiger partial charge in [0.15, 0.2) is 7.83 Å². The summed E-state index contributed by atoms with van der Waals surface area (Å²) in [5, 5.41) is 0. The van der Waals surface area contributed by atoms with Gasteiger partial charge in [-0.15, -0.1) is 0 Å². The van der Waals surface area contributed by atoms with Gasteiger partial charge in [0.05, 0.1) is 13.7 Å². The quantitative estimate of drug-likeness (QED) is 0.659. The molecular weight excluding hydrogens is 182 g/mol. The minimum absolute atomic E-state index is 0.368. The number of nitrogens with two attached hydrogens (primary N) is 1. The van der Waals surface area contributed by atoms with Crippen molar-refractivity contribution in [2.75, 3.05) is 6.54 Å². The monoisotopic (exact) mass is 203 g/mol. The summed E-state index contributed by atoms with van der Waals surface area (Å²) in [4.78, 5) is 0. The lowest BCUT2D eigenvalue weighted by molar-refractivity contribution is 0.194. The maximum atomic E-state index is 6.11. The fraction of sp³-hybridized carbons (Fsp3) is 1.00. The second-order valence-electron chi connectivity index (χ2n) is 4.91. The number of hydrogen-bond acceptors (Lipinski definition) is 2. The van der Waals surface area contributed by atoms with Crippen LogP contribution in [0.4, 0.5) is 0 Å². The summed E-state index contributed by atoms with van der Waals surface area (Å²) >= 11 is 0. The lowest BCUT2D eigenvalue weighted by atomic mass is 10.3. The van der Waals surface area contributed by atoms with Crippen molar-refractivity contribution in [3.05, 3.63) is 0 Å². The average Bonchev–Trinajstić information content (AvgIpc) is 1.95. The van der Waals surface area contributed by atoms with Crippen molar-refractivity contribution in [3.8, 4) is 0 Å². The highest BCUT2D eigenvalue weighted by atomic mass is 29.3. The smallest absolute Gasteiger partial charge is 0.174 e. The van der Waals surface area contributed by atoms with Gasteiger partial charge in [-0.05, 0) is 19.5 Å². The van der Waals surface area contributed by atoms with E-state index in [1.54, 1.807) is 0 Å². The lowest BCUT2D eigenvalue weighted by Gasteiger charge is -2.45. The SMILES string of the molecule is C[Si]1(C)CCC(CN)O[Si]1(C)C. The van der Waals surface area contributed by atoms with Crippen LogP contribution in [0.1, 0.15) is 6.42 Å². The van der Waals surface area contributed by atoms with Crippen molar-refractivity contribution < 1.29 is 4.43 Å². The fourth-order valence-electron chi connectivity index (χ4n) is 1.62. The van der Waals surface area contributed by atoms with E-state index in [9.17, 15) is 0 Å². The summed E-state index contributed by atoms with van der Waals surface area (Å²) in [6, 6.07) is 1.41. The molecule has 1 fully saturated rings. The Hall–Kier alpha value is 0.354. The number of rotatable bonds is 1. The first-order chi connectivity index (χ1) is 5.39. The van der Waals surface area contributed by atoms with Crippen molar-refractivity contribution in [2.24, 2.45) is 5.73 Å². The van der Waals surface area contributed by atoms with Gasteiger partial charge in [-0.2, -0.15) is 0 Å². The highest BCUT2D eigenvalue weighted by molar-refractivity contribution is 7.38. The normalized spacial score (nSPS) is 33.2. The Bertz CT molecular complexity index is 170. The van der Waals surface area contributed by atoms with Gasteiger partial charge in [0.1, 0.15) is 0 Å². The van der Waals surface area contributed by atoms with Crippen LogP contribution in [-0.4, -0.2) is 28.1 Å². The van der Waals surface area contributed by atoms with E-state index < -0.39 is 15.4 Å². The highest BCUT2D eigenvalue weighted by Crippen LogP contribution is 2.32. The second-order valence-corrected chi connectivity index (χ2v) is 20.1. The molecule has 2 nitrogen and oxygen atoms in total. The first-order valence-corrected chi connectivity index (χ1v) is 11.9. The predicted molar refractivity (Wildman–Crippen MR) is 58.3 cm³/mol. The van der Waals surface area contributed by atoms with Gasteiger partial charge < -0.3 is 10.2 Å². The summed E-state index contributed by atoms with van der Waals surface area (Å²) in [7, 11) is -2.36. The van der Waals surface area contributed by atoms with Gasteiger partial charge in [-0.25, -0.2) is 0 Å². The van der Waals surface area contributed by atoms with Crippen molar-refractivity contribution in [3.63, 3.8) is 0 Å². The molecule has 0 radical (unpaired) electrons. The van der Waals surface area contributed by atoms with Crippen LogP contribution in [-0.2, 0) is 4.43 Å². The third-order valence-corrected chi connectivity index (χ3v) is 20.0. The van der Waals surface area contributed by atoms with Crippen molar-refractivity contribution in [2.45, 2.75) is 44.8 Å². The Morgan fingerprint density at radius 3 is 2.33 bits per heavy atom. The summed E-state index contributed by atoms with van der Waals surface area (Å²) in [5.74, 6) is 0. The molecule has 1 aliphatic rings. The summed E-state index contributed by atoms with van der Waals surface area (Å²) in [6.45, 7) is 10.4. The molecular formula is C8H21NOSi2. The molecule has 12 heavy (non-hydrogen) atoms. The summed E-state index contributed by atoms with van der Waals surface area (Å²) in [5.41, 5.74) is 5.63. The third-order valence-electron chi connectivity index (χ3n) is 3.45. The van der Waals surface area contributed by atoms with Gasteiger partial charge in [-0.3, -0.25) is 0 Å². The van der Waals surface area contributed by atoms with Gasteiger partial charge in [0.2, 0.25) is 0 Å². The van der Waals surface area contributed by atoms with Crippen molar-refractivity contribution >= 4 is 15.4 Å². The summed E-state index contributed by atoms with van der Waals surface area (Å²) in [6.07, 6.45) is 1.57. The van der Waals surface area contributed by atoms with Crippen LogP contribution in [0.3, 0.4) is 0 Å². The molecule has 4 heteroatoms. The van der Waals surface area contributed by atoms with Gasteiger partial charge in [-0.1, -0.05) is 19.1 Å². The molecule has 0 aromatic heterocycles. The Labute approximate surface area is 77.4 Å². The molecule has 1 saturated heterocycles. The second kappa shape index (κ2) is 3.25. The van der Waals surface area contributed by atoms with E-state index in [0.29, 0.717) is 12.6 Å². The molecule has 1 rings (SSSR count). The molecule has 0 aromatic carbocycles. The molecule has 0 aromatic rings. The van der Waals surface area contributed by atoms with Crippen LogP contribution in [0.2, 0.25) is 32.2 Å². The third kappa shape index (κ3) is 1.81. The first-order valence-electron chi connectivity index (χ1n) is 4.77. The average molecular weight is 203 g/mol. The minimum Gasteiger partial charge on any atom is -0.416 e. The van der Waals surface area contributed by atoms with Crippen molar-refractivity contribution in [1.82, 2.24) is 0 Å². The molecule has 1 heterocycles. The predicted octanol–water partition coefficient (Wildman–Crippen LogP) is 1.73. The molecule has 2 N–H and O–H groups in total. The molecule has 1 aliphatic heterocycles. The van der Waals surface area contributed by atoms with Crippen LogP contribution in [0.5, 0.6) is 0 Å². The zero-order valence-corrected chi connectivity index (χ0v) is 10.7. The molecule has 0 bridgehead atoms. The topological polar surface area (TPSA) is 35.2 Å². The Morgan fingerprint density at radius 1 is 1.33 bits per heavy atom. The van der Waals surface area contributed by atoms with E-state index in [1.807, 2.05) is 0 Å². The first kappa shape index (κ1) is 10.4. The van der Waals surface area contributed by atoms with E-state index in [-0.39, 0.29) is 0 Å². The molecule has 0 amide bonds. The van der Waals surface area contributed by atoms with Crippen LogP contribution in [0, 0.1) is 0 Å². The zero-order chi connectivity index (χ0) is 9.41. The fourth-order valence-corrected chi connectivity index (χ4v) is 8.33. The zero-order valence-electron chi connectivity index (χ0n) is 8.68. The minimum atomic E-state index is -1.34. The number of hydrogen-bond donors (Lipinski definition) is 1. The van der Waals surface area contributed by atoms with Gasteiger partial charge in [0.25, 0.3) is 0 Å². The molecule has 0 saturated carbocycles. The van der Waals surface area contributed by atoms with E-state index in [0.717, 1.165) is 0 Å². The van der Waals surface area contributed by atoms with E-state index >= 15 is 0 Å². The molecule has 0 spiro atoms. The van der Waals surface area contributed by atoms with Gasteiger partial charge in [0, 0.05) is 6.54 Å². The van der Waals surface area contributed by atoms with Crippen LogP contribution in [0.25, 0.3) is 0 Å². The molecule has 72 valence electrons. The van der Waals surface area contributed by atoms with Crippen LogP contribution >= 0.6 is 0 Å². The largest absolute Gasteiger partial charge is 0.416 e.